The van der Waals surface area contributed by atoms with E-state index in [1.165, 1.54) is 18.4 Å². The topological polar surface area (TPSA) is 58.6 Å². The standard InChI is InChI=1S/C14H20N2O3S/c1-4-6-15-10-5-7-16(13(10)17)11-9(2)8-20-12(11)14(18)19-3/h8,10,15H,4-7H2,1-3H3. The first kappa shape index (κ1) is 15.0. The van der Waals surface area contributed by atoms with E-state index in [1.54, 1.807) is 4.90 Å². The summed E-state index contributed by atoms with van der Waals surface area (Å²) < 4.78 is 4.79. The van der Waals surface area contributed by atoms with Crippen LogP contribution in [0, 0.1) is 6.92 Å². The van der Waals surface area contributed by atoms with E-state index in [0.717, 1.165) is 24.9 Å². The van der Waals surface area contributed by atoms with E-state index in [2.05, 4.69) is 12.2 Å². The van der Waals surface area contributed by atoms with Gasteiger partial charge in [-0.05, 0) is 37.3 Å². The van der Waals surface area contributed by atoms with E-state index in [-0.39, 0.29) is 17.9 Å². The summed E-state index contributed by atoms with van der Waals surface area (Å²) in [7, 11) is 1.36. The van der Waals surface area contributed by atoms with Gasteiger partial charge in [-0.15, -0.1) is 11.3 Å². The van der Waals surface area contributed by atoms with Crippen molar-refractivity contribution in [2.45, 2.75) is 32.7 Å². The third kappa shape index (κ3) is 2.71. The lowest BCUT2D eigenvalue weighted by Crippen LogP contribution is -2.39. The Morgan fingerprint density at radius 1 is 1.60 bits per heavy atom. The van der Waals surface area contributed by atoms with Gasteiger partial charge in [0.05, 0.1) is 18.8 Å². The van der Waals surface area contributed by atoms with Gasteiger partial charge in [0.2, 0.25) is 5.91 Å². The van der Waals surface area contributed by atoms with Crippen molar-refractivity contribution in [3.8, 4) is 0 Å². The number of carbonyl (C=O) groups is 2. The average Bonchev–Trinajstić information content (AvgIpc) is 2.99. The van der Waals surface area contributed by atoms with E-state index >= 15 is 0 Å². The minimum absolute atomic E-state index is 0.0464. The number of nitrogens with one attached hydrogen (secondary N) is 1. The van der Waals surface area contributed by atoms with Gasteiger partial charge in [0.15, 0.2) is 0 Å². The average molecular weight is 296 g/mol. The summed E-state index contributed by atoms with van der Waals surface area (Å²) in [6.07, 6.45) is 1.77. The van der Waals surface area contributed by atoms with E-state index < -0.39 is 0 Å². The highest BCUT2D eigenvalue weighted by molar-refractivity contribution is 7.12. The van der Waals surface area contributed by atoms with Gasteiger partial charge in [-0.1, -0.05) is 6.92 Å². The fourth-order valence-electron chi connectivity index (χ4n) is 2.42. The summed E-state index contributed by atoms with van der Waals surface area (Å²) in [5.41, 5.74) is 1.66. The van der Waals surface area contributed by atoms with Gasteiger partial charge in [-0.2, -0.15) is 0 Å². The van der Waals surface area contributed by atoms with Crippen molar-refractivity contribution in [2.75, 3.05) is 25.1 Å². The summed E-state index contributed by atoms with van der Waals surface area (Å²) in [5.74, 6) is -0.332. The zero-order chi connectivity index (χ0) is 14.7. The summed E-state index contributed by atoms with van der Waals surface area (Å²) in [6.45, 7) is 5.46. The highest BCUT2D eigenvalue weighted by Crippen LogP contribution is 2.34. The van der Waals surface area contributed by atoms with Gasteiger partial charge in [0.25, 0.3) is 0 Å². The molecule has 0 radical (unpaired) electrons. The van der Waals surface area contributed by atoms with Crippen LogP contribution >= 0.6 is 11.3 Å². The molecule has 1 aromatic heterocycles. The van der Waals surface area contributed by atoms with Crippen LogP contribution in [-0.2, 0) is 9.53 Å². The van der Waals surface area contributed by atoms with Crippen LogP contribution in [0.25, 0.3) is 0 Å². The van der Waals surface area contributed by atoms with Gasteiger partial charge in [-0.3, -0.25) is 4.79 Å². The minimum Gasteiger partial charge on any atom is -0.465 e. The lowest BCUT2D eigenvalue weighted by atomic mass is 10.2. The number of nitrogens with zero attached hydrogens (tertiary/aromatic N) is 1. The number of aryl methyl sites for hydroxylation is 1. The molecule has 0 bridgehead atoms. The number of anilines is 1. The zero-order valence-electron chi connectivity index (χ0n) is 12.1. The van der Waals surface area contributed by atoms with Crippen LogP contribution in [0.2, 0.25) is 0 Å². The second-order valence-electron chi connectivity index (χ2n) is 4.87. The molecule has 1 aromatic rings. The quantitative estimate of drug-likeness (QED) is 0.844. The highest BCUT2D eigenvalue weighted by Gasteiger charge is 2.35. The first-order chi connectivity index (χ1) is 9.60. The first-order valence-electron chi connectivity index (χ1n) is 6.81. The van der Waals surface area contributed by atoms with Crippen molar-refractivity contribution in [3.05, 3.63) is 15.8 Å². The number of rotatable bonds is 5. The molecular formula is C14H20N2O3S. The molecule has 6 heteroatoms. The Morgan fingerprint density at radius 3 is 3.00 bits per heavy atom. The van der Waals surface area contributed by atoms with E-state index in [0.29, 0.717) is 17.1 Å². The van der Waals surface area contributed by atoms with Gasteiger partial charge < -0.3 is 15.0 Å². The molecule has 0 spiro atoms. The fraction of sp³-hybridized carbons (Fsp3) is 0.571. The molecular weight excluding hydrogens is 276 g/mol. The third-order valence-corrected chi connectivity index (χ3v) is 4.50. The van der Waals surface area contributed by atoms with Gasteiger partial charge >= 0.3 is 5.97 Å². The van der Waals surface area contributed by atoms with Gasteiger partial charge in [0.1, 0.15) is 4.88 Å². The van der Waals surface area contributed by atoms with Crippen molar-refractivity contribution in [1.82, 2.24) is 5.32 Å². The summed E-state index contributed by atoms with van der Waals surface area (Å²) in [4.78, 5) is 26.5. The Morgan fingerprint density at radius 2 is 2.35 bits per heavy atom. The molecule has 5 nitrogen and oxygen atoms in total. The Kier molecular flexibility index (Phi) is 4.77. The number of amides is 1. The molecule has 1 aliphatic heterocycles. The molecule has 1 fully saturated rings. The van der Waals surface area contributed by atoms with Crippen molar-refractivity contribution in [2.24, 2.45) is 0 Å². The molecule has 20 heavy (non-hydrogen) atoms. The Bertz CT molecular complexity index is 513. The number of carbonyl (C=O) groups excluding carboxylic acids is 2. The molecule has 1 amide bonds. The summed E-state index contributed by atoms with van der Waals surface area (Å²) in [5, 5.41) is 5.14. The van der Waals surface area contributed by atoms with Crippen LogP contribution in [0.5, 0.6) is 0 Å². The van der Waals surface area contributed by atoms with Crippen LogP contribution in [0.1, 0.15) is 35.0 Å². The molecule has 2 rings (SSSR count). The molecule has 110 valence electrons. The predicted octanol–water partition coefficient (Wildman–Crippen LogP) is 1.95. The molecule has 1 aliphatic rings. The maximum absolute atomic E-state index is 12.4. The minimum atomic E-state index is -0.379. The zero-order valence-corrected chi connectivity index (χ0v) is 12.9. The van der Waals surface area contributed by atoms with Crippen LogP contribution in [-0.4, -0.2) is 38.1 Å². The number of ether oxygens (including phenoxy) is 1. The van der Waals surface area contributed by atoms with Gasteiger partial charge in [-0.25, -0.2) is 4.79 Å². The van der Waals surface area contributed by atoms with Crippen LogP contribution in [0.3, 0.4) is 0 Å². The Balaban J connectivity index is 2.23. The number of methoxy groups -OCH3 is 1. The van der Waals surface area contributed by atoms with Crippen LogP contribution in [0.15, 0.2) is 5.38 Å². The SMILES string of the molecule is CCCNC1CCN(c2c(C)csc2C(=O)OC)C1=O. The Hall–Kier alpha value is -1.40. The number of esters is 1. The number of thiophene rings is 1. The second kappa shape index (κ2) is 6.37. The van der Waals surface area contributed by atoms with E-state index in [1.807, 2.05) is 12.3 Å². The van der Waals surface area contributed by atoms with Crippen LogP contribution in [0.4, 0.5) is 5.69 Å². The third-order valence-electron chi connectivity index (χ3n) is 3.43. The smallest absolute Gasteiger partial charge is 0.350 e. The monoisotopic (exact) mass is 296 g/mol. The molecule has 1 saturated heterocycles. The predicted molar refractivity (Wildman–Crippen MR) is 79.4 cm³/mol. The van der Waals surface area contributed by atoms with Crippen molar-refractivity contribution >= 4 is 28.9 Å². The van der Waals surface area contributed by atoms with Gasteiger partial charge in [0, 0.05) is 6.54 Å². The normalized spacial score (nSPS) is 18.6. The van der Waals surface area contributed by atoms with Crippen LogP contribution < -0.4 is 10.2 Å². The lowest BCUT2D eigenvalue weighted by molar-refractivity contribution is -0.118. The fourth-order valence-corrected chi connectivity index (χ4v) is 3.39. The maximum Gasteiger partial charge on any atom is 0.350 e. The molecule has 0 aliphatic carbocycles. The van der Waals surface area contributed by atoms with Crippen molar-refractivity contribution < 1.29 is 14.3 Å². The molecule has 1 unspecified atom stereocenters. The summed E-state index contributed by atoms with van der Waals surface area (Å²) >= 11 is 1.33. The maximum atomic E-state index is 12.4. The van der Waals surface area contributed by atoms with E-state index in [9.17, 15) is 9.59 Å². The Labute approximate surface area is 122 Å². The largest absolute Gasteiger partial charge is 0.465 e. The molecule has 0 saturated carbocycles. The first-order valence-corrected chi connectivity index (χ1v) is 7.69. The number of hydrogen-bond donors (Lipinski definition) is 1. The molecule has 2 heterocycles. The molecule has 0 aromatic carbocycles. The molecule has 1 atom stereocenters. The number of hydrogen-bond acceptors (Lipinski definition) is 5. The molecule has 1 N–H and O–H groups in total. The second-order valence-corrected chi connectivity index (χ2v) is 5.75. The lowest BCUT2D eigenvalue weighted by Gasteiger charge is -2.18. The van der Waals surface area contributed by atoms with Crippen molar-refractivity contribution in [1.29, 1.82) is 0 Å². The van der Waals surface area contributed by atoms with E-state index in [4.69, 9.17) is 4.74 Å². The highest BCUT2D eigenvalue weighted by atomic mass is 32.1. The summed E-state index contributed by atoms with van der Waals surface area (Å²) in [6, 6.07) is -0.139. The van der Waals surface area contributed by atoms with Crippen molar-refractivity contribution in [3.63, 3.8) is 0 Å².